The molecule has 6 nitrogen and oxygen atoms in total. The molecule has 1 aliphatic heterocycles. The summed E-state index contributed by atoms with van der Waals surface area (Å²) in [7, 11) is 0. The number of aromatic nitrogens is 1. The van der Waals surface area contributed by atoms with Crippen LogP contribution in [0.3, 0.4) is 0 Å². The van der Waals surface area contributed by atoms with Crippen LogP contribution in [0, 0.1) is 0 Å². The highest BCUT2D eigenvalue weighted by atomic mass is 19.4. The van der Waals surface area contributed by atoms with Gasteiger partial charge in [-0.3, -0.25) is 4.90 Å². The quantitative estimate of drug-likeness (QED) is 0.868. The average molecular weight is 304 g/mol. The van der Waals surface area contributed by atoms with Gasteiger partial charge in [0.25, 0.3) is 0 Å². The van der Waals surface area contributed by atoms with E-state index in [0.29, 0.717) is 18.9 Å². The molecule has 2 rings (SSSR count). The van der Waals surface area contributed by atoms with E-state index in [1.54, 1.807) is 4.90 Å². The lowest BCUT2D eigenvalue weighted by atomic mass is 10.2. The Hall–Kier alpha value is -2.03. The number of nitrogens with two attached hydrogens (primary N) is 1. The zero-order valence-electron chi connectivity index (χ0n) is 11.1. The summed E-state index contributed by atoms with van der Waals surface area (Å²) in [5.74, 6) is -0.853. The minimum Gasteiger partial charge on any atom is -0.478 e. The molecular weight excluding hydrogens is 289 g/mol. The van der Waals surface area contributed by atoms with Crippen molar-refractivity contribution in [2.24, 2.45) is 0 Å². The second kappa shape index (κ2) is 5.76. The van der Waals surface area contributed by atoms with Crippen molar-refractivity contribution in [2.45, 2.75) is 6.18 Å². The predicted molar refractivity (Wildman–Crippen MR) is 70.3 cm³/mol. The number of hydrogen-bond acceptors (Lipinski definition) is 5. The highest BCUT2D eigenvalue weighted by Crippen LogP contribution is 2.25. The van der Waals surface area contributed by atoms with Crippen LogP contribution in [-0.4, -0.2) is 59.9 Å². The molecule has 0 aliphatic carbocycles. The van der Waals surface area contributed by atoms with Crippen LogP contribution in [0.2, 0.25) is 0 Å². The number of anilines is 2. The third-order valence-electron chi connectivity index (χ3n) is 3.27. The van der Waals surface area contributed by atoms with E-state index in [1.165, 1.54) is 17.2 Å². The summed E-state index contributed by atoms with van der Waals surface area (Å²) in [5, 5.41) is 9.00. The molecule has 0 radical (unpaired) electrons. The van der Waals surface area contributed by atoms with Crippen molar-refractivity contribution >= 4 is 17.5 Å². The summed E-state index contributed by atoms with van der Waals surface area (Å²) in [6, 6.07) is 1.29. The number of alkyl halides is 3. The number of aromatic carboxylic acids is 1. The lowest BCUT2D eigenvalue weighted by Crippen LogP contribution is -2.49. The first kappa shape index (κ1) is 15.4. The van der Waals surface area contributed by atoms with Gasteiger partial charge in [-0.05, 0) is 6.07 Å². The molecule has 1 aromatic rings. The standard InChI is InChI=1S/C12H15F3N4O2/c13-12(14,15)7-18-3-5-19(6-4-18)10-9(16)8(11(20)21)1-2-17-10/h1-2H,3-7,16H2,(H,20,21). The number of carbonyl (C=O) groups is 1. The summed E-state index contributed by atoms with van der Waals surface area (Å²) in [5.41, 5.74) is 5.75. The number of pyridine rings is 1. The Morgan fingerprint density at radius 1 is 1.33 bits per heavy atom. The molecule has 0 spiro atoms. The Bertz CT molecular complexity index is 528. The normalized spacial score (nSPS) is 17.0. The molecule has 0 atom stereocenters. The molecule has 21 heavy (non-hydrogen) atoms. The second-order valence-corrected chi connectivity index (χ2v) is 4.78. The summed E-state index contributed by atoms with van der Waals surface area (Å²) in [6.07, 6.45) is -2.89. The first-order chi connectivity index (χ1) is 9.78. The summed E-state index contributed by atoms with van der Waals surface area (Å²) >= 11 is 0. The lowest BCUT2D eigenvalue weighted by Gasteiger charge is -2.36. The molecular formula is C12H15F3N4O2. The smallest absolute Gasteiger partial charge is 0.401 e. The number of carboxylic acids is 1. The number of halogens is 3. The van der Waals surface area contributed by atoms with Crippen molar-refractivity contribution in [3.8, 4) is 0 Å². The second-order valence-electron chi connectivity index (χ2n) is 4.78. The van der Waals surface area contributed by atoms with E-state index in [-0.39, 0.29) is 24.3 Å². The molecule has 1 aliphatic rings. The first-order valence-corrected chi connectivity index (χ1v) is 6.30. The van der Waals surface area contributed by atoms with Crippen LogP contribution in [0.15, 0.2) is 12.3 Å². The van der Waals surface area contributed by atoms with Gasteiger partial charge in [-0.2, -0.15) is 13.2 Å². The van der Waals surface area contributed by atoms with Gasteiger partial charge in [0.05, 0.1) is 17.8 Å². The van der Waals surface area contributed by atoms with Gasteiger partial charge in [0.15, 0.2) is 5.82 Å². The van der Waals surface area contributed by atoms with E-state index in [2.05, 4.69) is 4.98 Å². The molecule has 0 aromatic carbocycles. The molecule has 0 saturated carbocycles. The molecule has 9 heteroatoms. The van der Waals surface area contributed by atoms with E-state index in [4.69, 9.17) is 10.8 Å². The SMILES string of the molecule is Nc1c(C(=O)O)ccnc1N1CCN(CC(F)(F)F)CC1. The van der Waals surface area contributed by atoms with Gasteiger partial charge in [0.2, 0.25) is 0 Å². The maximum absolute atomic E-state index is 12.3. The fourth-order valence-corrected chi connectivity index (χ4v) is 2.27. The first-order valence-electron chi connectivity index (χ1n) is 6.30. The molecule has 116 valence electrons. The van der Waals surface area contributed by atoms with Crippen LogP contribution >= 0.6 is 0 Å². The largest absolute Gasteiger partial charge is 0.478 e. The van der Waals surface area contributed by atoms with Crippen LogP contribution in [-0.2, 0) is 0 Å². The Labute approximate surface area is 119 Å². The maximum atomic E-state index is 12.3. The van der Waals surface area contributed by atoms with Crippen LogP contribution in [0.25, 0.3) is 0 Å². The van der Waals surface area contributed by atoms with E-state index in [1.807, 2.05) is 0 Å². The van der Waals surface area contributed by atoms with E-state index in [9.17, 15) is 18.0 Å². The Morgan fingerprint density at radius 3 is 2.48 bits per heavy atom. The van der Waals surface area contributed by atoms with Gasteiger partial charge >= 0.3 is 12.1 Å². The predicted octanol–water partition coefficient (Wildman–Crippen LogP) is 1.05. The van der Waals surface area contributed by atoms with Crippen LogP contribution in [0.5, 0.6) is 0 Å². The molecule has 1 aromatic heterocycles. The number of carboxylic acid groups (broad SMARTS) is 1. The molecule has 3 N–H and O–H groups in total. The summed E-state index contributed by atoms with van der Waals surface area (Å²) in [6.45, 7) is 0.126. The molecule has 2 heterocycles. The molecule has 0 amide bonds. The van der Waals surface area contributed by atoms with Gasteiger partial charge in [0, 0.05) is 32.4 Å². The minimum atomic E-state index is -4.22. The summed E-state index contributed by atoms with van der Waals surface area (Å²) < 4.78 is 36.9. The van der Waals surface area contributed by atoms with Gasteiger partial charge in [0.1, 0.15) is 0 Å². The fourth-order valence-electron chi connectivity index (χ4n) is 2.27. The van der Waals surface area contributed by atoms with Gasteiger partial charge in [-0.1, -0.05) is 0 Å². The van der Waals surface area contributed by atoms with E-state index >= 15 is 0 Å². The van der Waals surface area contributed by atoms with Crippen LogP contribution < -0.4 is 10.6 Å². The number of piperazine rings is 1. The number of hydrogen-bond donors (Lipinski definition) is 2. The maximum Gasteiger partial charge on any atom is 0.401 e. The zero-order valence-corrected chi connectivity index (χ0v) is 11.1. The van der Waals surface area contributed by atoms with Crippen molar-refractivity contribution in [1.82, 2.24) is 9.88 Å². The van der Waals surface area contributed by atoms with E-state index in [0.717, 1.165) is 0 Å². The van der Waals surface area contributed by atoms with Gasteiger partial charge < -0.3 is 15.7 Å². The van der Waals surface area contributed by atoms with Gasteiger partial charge in [-0.25, -0.2) is 9.78 Å². The van der Waals surface area contributed by atoms with Crippen molar-refractivity contribution in [3.63, 3.8) is 0 Å². The number of nitrogens with zero attached hydrogens (tertiary/aromatic N) is 3. The van der Waals surface area contributed by atoms with Crippen molar-refractivity contribution in [3.05, 3.63) is 17.8 Å². The third kappa shape index (κ3) is 3.75. The molecule has 1 saturated heterocycles. The summed E-state index contributed by atoms with van der Waals surface area (Å²) in [4.78, 5) is 18.0. The van der Waals surface area contributed by atoms with Crippen LogP contribution in [0.4, 0.5) is 24.7 Å². The highest BCUT2D eigenvalue weighted by Gasteiger charge is 2.32. The average Bonchev–Trinajstić information content (AvgIpc) is 2.38. The van der Waals surface area contributed by atoms with Crippen molar-refractivity contribution < 1.29 is 23.1 Å². The number of nitrogen functional groups attached to an aromatic ring is 1. The van der Waals surface area contributed by atoms with Crippen LogP contribution in [0.1, 0.15) is 10.4 Å². The molecule has 1 fully saturated rings. The van der Waals surface area contributed by atoms with Gasteiger partial charge in [-0.15, -0.1) is 0 Å². The third-order valence-corrected chi connectivity index (χ3v) is 3.27. The minimum absolute atomic E-state index is 0.0364. The monoisotopic (exact) mass is 304 g/mol. The highest BCUT2D eigenvalue weighted by molar-refractivity contribution is 5.96. The fraction of sp³-hybridized carbons (Fsp3) is 0.500. The van der Waals surface area contributed by atoms with E-state index < -0.39 is 18.7 Å². The molecule has 0 unspecified atom stereocenters. The number of rotatable bonds is 3. The Kier molecular flexibility index (Phi) is 4.21. The topological polar surface area (TPSA) is 82.7 Å². The van der Waals surface area contributed by atoms with Crippen molar-refractivity contribution in [1.29, 1.82) is 0 Å². The van der Waals surface area contributed by atoms with Crippen molar-refractivity contribution in [2.75, 3.05) is 43.4 Å². The Morgan fingerprint density at radius 2 is 1.95 bits per heavy atom. The molecule has 0 bridgehead atoms. The Balaban J connectivity index is 2.06. The lowest BCUT2D eigenvalue weighted by molar-refractivity contribution is -0.146. The zero-order chi connectivity index (χ0) is 15.6.